The quantitative estimate of drug-likeness (QED) is 0.472. The number of primary sulfonamides is 1. The third-order valence-electron chi connectivity index (χ3n) is 4.68. The molecule has 0 bridgehead atoms. The van der Waals surface area contributed by atoms with E-state index in [1.807, 2.05) is 18.2 Å². The molecule has 5 nitrogen and oxygen atoms in total. The van der Waals surface area contributed by atoms with Crippen LogP contribution < -0.4 is 15.3 Å². The normalized spacial score (nSPS) is 11.6. The highest BCUT2D eigenvalue weighted by Crippen LogP contribution is 2.39. The van der Waals surface area contributed by atoms with Gasteiger partial charge in [0.05, 0.1) is 17.0 Å². The Morgan fingerprint density at radius 1 is 0.967 bits per heavy atom. The van der Waals surface area contributed by atoms with Crippen LogP contribution in [0, 0.1) is 0 Å². The molecule has 0 aliphatic carbocycles. The minimum Gasteiger partial charge on any atom is -0.495 e. The van der Waals surface area contributed by atoms with E-state index in [9.17, 15) is 13.2 Å². The van der Waals surface area contributed by atoms with E-state index in [2.05, 4.69) is 0 Å². The van der Waals surface area contributed by atoms with Crippen LogP contribution in [0.1, 0.15) is 0 Å². The minimum atomic E-state index is -3.81. The Morgan fingerprint density at radius 2 is 1.63 bits per heavy atom. The van der Waals surface area contributed by atoms with Gasteiger partial charge in [-0.05, 0) is 47.5 Å². The van der Waals surface area contributed by atoms with E-state index in [0.29, 0.717) is 37.7 Å². The van der Waals surface area contributed by atoms with Gasteiger partial charge >= 0.3 is 0 Å². The van der Waals surface area contributed by atoms with Gasteiger partial charge in [-0.25, -0.2) is 13.6 Å². The maximum atomic E-state index is 13.5. The monoisotopic (exact) mass is 457 g/mol. The summed E-state index contributed by atoms with van der Waals surface area (Å²) in [6.07, 6.45) is 0. The molecule has 0 saturated carbocycles. The molecule has 0 fully saturated rings. The zero-order valence-electron chi connectivity index (χ0n) is 15.8. The van der Waals surface area contributed by atoms with Gasteiger partial charge in [0.25, 0.3) is 0 Å². The minimum absolute atomic E-state index is 0.00842. The number of halogens is 1. The van der Waals surface area contributed by atoms with Crippen molar-refractivity contribution in [1.29, 1.82) is 0 Å². The van der Waals surface area contributed by atoms with Gasteiger partial charge in [-0.3, -0.25) is 4.79 Å². The van der Waals surface area contributed by atoms with Crippen LogP contribution in [0.15, 0.2) is 76.4 Å². The van der Waals surface area contributed by atoms with Crippen LogP contribution in [0.3, 0.4) is 0 Å². The Hall–Kier alpha value is -2.71. The van der Waals surface area contributed by atoms with Gasteiger partial charge in [-0.1, -0.05) is 41.9 Å². The van der Waals surface area contributed by atoms with Crippen LogP contribution in [0.2, 0.25) is 5.02 Å². The Labute approximate surface area is 182 Å². The molecule has 0 amide bonds. The van der Waals surface area contributed by atoms with Crippen LogP contribution in [0.4, 0.5) is 0 Å². The smallest absolute Gasteiger partial charge is 0.238 e. The summed E-state index contributed by atoms with van der Waals surface area (Å²) in [7, 11) is -2.30. The molecule has 0 aliphatic rings. The number of rotatable bonds is 4. The molecule has 0 saturated heterocycles. The van der Waals surface area contributed by atoms with E-state index in [0.717, 1.165) is 4.70 Å². The summed E-state index contributed by atoms with van der Waals surface area (Å²) in [4.78, 5) is 14.2. The molecule has 1 aromatic heterocycles. The summed E-state index contributed by atoms with van der Waals surface area (Å²) >= 11 is 7.62. The van der Waals surface area contributed by atoms with Crippen molar-refractivity contribution in [3.63, 3.8) is 0 Å². The first-order valence-corrected chi connectivity index (χ1v) is 11.6. The Bertz CT molecular complexity index is 1430. The average molecular weight is 458 g/mol. The molecule has 4 rings (SSSR count). The topological polar surface area (TPSA) is 86.5 Å². The highest BCUT2D eigenvalue weighted by molar-refractivity contribution is 7.89. The molecule has 0 aliphatic heterocycles. The summed E-state index contributed by atoms with van der Waals surface area (Å²) in [5.41, 5.74) is 1.74. The maximum absolute atomic E-state index is 13.5. The molecule has 4 aromatic rings. The summed E-state index contributed by atoms with van der Waals surface area (Å²) in [6, 6.07) is 18.7. The zero-order valence-corrected chi connectivity index (χ0v) is 18.1. The molecule has 8 heteroatoms. The lowest BCUT2D eigenvalue weighted by Gasteiger charge is -2.13. The van der Waals surface area contributed by atoms with Gasteiger partial charge in [0.2, 0.25) is 10.0 Å². The lowest BCUT2D eigenvalue weighted by Crippen LogP contribution is -2.11. The van der Waals surface area contributed by atoms with Crippen molar-refractivity contribution in [1.82, 2.24) is 0 Å². The number of hydrogen-bond donors (Lipinski definition) is 1. The first-order valence-electron chi connectivity index (χ1n) is 8.82. The predicted octanol–water partition coefficient (Wildman–Crippen LogP) is 4.90. The first kappa shape index (κ1) is 20.6. The predicted molar refractivity (Wildman–Crippen MR) is 122 cm³/mol. The Balaban J connectivity index is 2.04. The molecular weight excluding hydrogens is 442 g/mol. The van der Waals surface area contributed by atoms with Gasteiger partial charge < -0.3 is 4.74 Å². The van der Waals surface area contributed by atoms with Gasteiger partial charge in [0, 0.05) is 20.5 Å². The number of nitrogens with two attached hydrogens (primary N) is 1. The van der Waals surface area contributed by atoms with Crippen LogP contribution in [-0.4, -0.2) is 15.5 Å². The Morgan fingerprint density at radius 3 is 2.30 bits per heavy atom. The summed E-state index contributed by atoms with van der Waals surface area (Å²) in [5.74, 6) is 0.460. The van der Waals surface area contributed by atoms with Crippen molar-refractivity contribution >= 4 is 43.0 Å². The van der Waals surface area contributed by atoms with Crippen molar-refractivity contribution in [2.45, 2.75) is 4.90 Å². The molecule has 3 aromatic carbocycles. The highest BCUT2D eigenvalue weighted by atomic mass is 35.5. The fourth-order valence-electron chi connectivity index (χ4n) is 3.22. The Kier molecular flexibility index (Phi) is 5.38. The SMILES string of the molecule is COc1cc(-c2c(-c3ccc(S(N)(=O)=O)cc3)sc3ccccc3c2=O)ccc1Cl. The van der Waals surface area contributed by atoms with E-state index >= 15 is 0 Å². The lowest BCUT2D eigenvalue weighted by molar-refractivity contribution is 0.415. The second-order valence-electron chi connectivity index (χ2n) is 6.55. The molecule has 0 radical (unpaired) electrons. The second kappa shape index (κ2) is 7.85. The van der Waals surface area contributed by atoms with Crippen molar-refractivity contribution in [3.05, 3.63) is 82.0 Å². The van der Waals surface area contributed by atoms with E-state index < -0.39 is 10.0 Å². The van der Waals surface area contributed by atoms with Crippen molar-refractivity contribution in [2.24, 2.45) is 5.14 Å². The number of fused-ring (bicyclic) bond motifs is 1. The molecular formula is C22H16ClNO4S2. The molecule has 152 valence electrons. The van der Waals surface area contributed by atoms with Crippen LogP contribution in [-0.2, 0) is 10.0 Å². The van der Waals surface area contributed by atoms with Crippen molar-refractivity contribution in [3.8, 4) is 27.3 Å². The van der Waals surface area contributed by atoms with Crippen LogP contribution in [0.25, 0.3) is 31.7 Å². The number of methoxy groups -OCH3 is 1. The largest absolute Gasteiger partial charge is 0.495 e. The number of benzene rings is 3. The first-order chi connectivity index (χ1) is 14.3. The third kappa shape index (κ3) is 3.73. The number of ether oxygens (including phenoxy) is 1. The van der Waals surface area contributed by atoms with Gasteiger partial charge in [0.1, 0.15) is 5.75 Å². The van der Waals surface area contributed by atoms with Crippen LogP contribution >= 0.6 is 22.9 Å². The average Bonchev–Trinajstić information content (AvgIpc) is 2.74. The maximum Gasteiger partial charge on any atom is 0.238 e. The standard InChI is InChI=1S/C22H16ClNO4S2/c1-28-18-12-14(8-11-17(18)23)20-21(25)16-4-2-3-5-19(16)29-22(20)13-6-9-15(10-7-13)30(24,26)27/h2-12H,1H3,(H2,24,26,27). The summed E-state index contributed by atoms with van der Waals surface area (Å²) in [5, 5.41) is 6.26. The molecule has 0 unspecified atom stereocenters. The summed E-state index contributed by atoms with van der Waals surface area (Å²) in [6.45, 7) is 0. The lowest BCUT2D eigenvalue weighted by atomic mass is 10.00. The zero-order chi connectivity index (χ0) is 21.5. The van der Waals surface area contributed by atoms with Crippen molar-refractivity contribution < 1.29 is 13.2 Å². The molecule has 0 atom stereocenters. The number of hydrogen-bond acceptors (Lipinski definition) is 5. The molecule has 30 heavy (non-hydrogen) atoms. The second-order valence-corrected chi connectivity index (χ2v) is 9.57. The summed E-state index contributed by atoms with van der Waals surface area (Å²) < 4.78 is 29.4. The van der Waals surface area contributed by atoms with E-state index in [4.69, 9.17) is 21.5 Å². The highest BCUT2D eigenvalue weighted by Gasteiger charge is 2.18. The third-order valence-corrected chi connectivity index (χ3v) is 7.14. The molecule has 0 spiro atoms. The van der Waals surface area contributed by atoms with Crippen molar-refractivity contribution in [2.75, 3.05) is 7.11 Å². The number of sulfonamides is 1. The fourth-order valence-corrected chi connectivity index (χ4v) is 5.13. The van der Waals surface area contributed by atoms with E-state index in [-0.39, 0.29) is 10.3 Å². The van der Waals surface area contributed by atoms with Gasteiger partial charge in [-0.15, -0.1) is 11.3 Å². The molecule has 2 N–H and O–H groups in total. The molecule has 1 heterocycles. The van der Waals surface area contributed by atoms with Gasteiger partial charge in [-0.2, -0.15) is 0 Å². The van der Waals surface area contributed by atoms with Gasteiger partial charge in [0.15, 0.2) is 5.43 Å². The van der Waals surface area contributed by atoms with Crippen LogP contribution in [0.5, 0.6) is 5.75 Å². The fraction of sp³-hybridized carbons (Fsp3) is 0.0455. The van der Waals surface area contributed by atoms with E-state index in [1.54, 1.807) is 36.4 Å². The van der Waals surface area contributed by atoms with E-state index in [1.165, 1.54) is 30.6 Å².